The van der Waals surface area contributed by atoms with Gasteiger partial charge in [-0.25, -0.2) is 9.89 Å². The largest absolute Gasteiger partial charge is 0.277 e. The lowest BCUT2D eigenvalue weighted by Crippen LogP contribution is -2.49. The molecule has 0 bridgehead atoms. The van der Waals surface area contributed by atoms with Gasteiger partial charge in [-0.1, -0.05) is 51.3 Å². The monoisotopic (exact) mass is 468 g/mol. The maximum absolute atomic E-state index is 13.3. The molecule has 1 atom stereocenters. The first-order valence-electron chi connectivity index (χ1n) is 7.92. The summed E-state index contributed by atoms with van der Waals surface area (Å²) in [5.41, 5.74) is 5.31. The van der Waals surface area contributed by atoms with Crippen molar-refractivity contribution < 1.29 is 9.59 Å². The van der Waals surface area contributed by atoms with Gasteiger partial charge in [0.05, 0.1) is 5.69 Å². The lowest BCUT2D eigenvalue weighted by atomic mass is 9.93. The van der Waals surface area contributed by atoms with Crippen molar-refractivity contribution in [1.29, 1.82) is 0 Å². The van der Waals surface area contributed by atoms with Crippen molar-refractivity contribution in [2.24, 2.45) is 4.99 Å². The number of carbonyl (C=O) groups is 2. The number of hydrazine groups is 1. The van der Waals surface area contributed by atoms with Crippen molar-refractivity contribution in [2.45, 2.75) is 18.9 Å². The van der Waals surface area contributed by atoms with E-state index in [2.05, 4.69) is 31.8 Å². The molecule has 140 valence electrons. The topological polar surface area (TPSA) is 73.8 Å². The summed E-state index contributed by atoms with van der Waals surface area (Å²) in [6, 6.07) is 12.4. The van der Waals surface area contributed by atoms with E-state index in [1.165, 1.54) is 4.90 Å². The molecule has 0 fully saturated rings. The van der Waals surface area contributed by atoms with Crippen LogP contribution >= 0.6 is 39.1 Å². The molecule has 2 amide bonds. The van der Waals surface area contributed by atoms with Crippen molar-refractivity contribution in [3.8, 4) is 0 Å². The summed E-state index contributed by atoms with van der Waals surface area (Å²) in [7, 11) is 0. The Morgan fingerprint density at radius 2 is 1.81 bits per heavy atom. The Balaban J connectivity index is 1.98. The Hall–Kier alpha value is -2.09. The fourth-order valence-corrected chi connectivity index (χ4v) is 3.65. The lowest BCUT2D eigenvalue weighted by molar-refractivity contribution is -0.121. The summed E-state index contributed by atoms with van der Waals surface area (Å²) in [5, 5.41) is 0.768. The molecule has 0 radical (unpaired) electrons. The molecular formula is C18H15BrCl2N4O2. The first-order valence-corrected chi connectivity index (χ1v) is 9.47. The van der Waals surface area contributed by atoms with Gasteiger partial charge in [-0.15, -0.1) is 0 Å². The summed E-state index contributed by atoms with van der Waals surface area (Å²) < 4.78 is 0.949. The number of carbonyl (C=O) groups excluding carboxylic acids is 2. The van der Waals surface area contributed by atoms with Gasteiger partial charge in [-0.3, -0.25) is 20.4 Å². The third kappa shape index (κ3) is 4.26. The van der Waals surface area contributed by atoms with E-state index in [1.54, 1.807) is 25.1 Å². The molecule has 0 saturated heterocycles. The minimum atomic E-state index is -1.06. The van der Waals surface area contributed by atoms with Gasteiger partial charge in [0.1, 0.15) is 5.54 Å². The third-order valence-electron chi connectivity index (χ3n) is 4.04. The summed E-state index contributed by atoms with van der Waals surface area (Å²) in [6.07, 6.45) is 0.844. The van der Waals surface area contributed by atoms with E-state index in [4.69, 9.17) is 23.2 Å². The minimum Gasteiger partial charge on any atom is -0.277 e. The fraction of sp³-hybridized carbons (Fsp3) is 0.167. The Morgan fingerprint density at radius 1 is 1.19 bits per heavy atom. The molecule has 6 nitrogen and oxygen atoms in total. The maximum Gasteiger partial charge on any atom is 0.262 e. The van der Waals surface area contributed by atoms with Crippen LogP contribution < -0.4 is 15.8 Å². The van der Waals surface area contributed by atoms with Gasteiger partial charge in [0, 0.05) is 20.9 Å². The molecule has 0 aliphatic carbocycles. The van der Waals surface area contributed by atoms with Gasteiger partial charge in [0.15, 0.2) is 0 Å². The Bertz CT molecular complexity index is 900. The zero-order chi connectivity index (χ0) is 19.6. The number of benzene rings is 2. The average molecular weight is 470 g/mol. The van der Waals surface area contributed by atoms with Gasteiger partial charge in [-0.05, 0) is 42.8 Å². The van der Waals surface area contributed by atoms with E-state index in [0.29, 0.717) is 28.6 Å². The van der Waals surface area contributed by atoms with E-state index in [1.807, 2.05) is 24.3 Å². The molecule has 1 aliphatic heterocycles. The van der Waals surface area contributed by atoms with Crippen molar-refractivity contribution in [3.63, 3.8) is 0 Å². The molecule has 2 N–H and O–H groups in total. The van der Waals surface area contributed by atoms with E-state index < -0.39 is 5.54 Å². The van der Waals surface area contributed by atoms with Crippen LogP contribution in [0.1, 0.15) is 12.5 Å². The number of hydrogen-bond acceptors (Lipinski definition) is 4. The highest BCUT2D eigenvalue weighted by atomic mass is 79.9. The summed E-state index contributed by atoms with van der Waals surface area (Å²) in [6.45, 7) is 1.74. The van der Waals surface area contributed by atoms with Crippen LogP contribution in [0.15, 0.2) is 51.9 Å². The predicted octanol–water partition coefficient (Wildman–Crippen LogP) is 3.71. The third-order valence-corrected chi connectivity index (χ3v) is 5.00. The molecular weight excluding hydrogens is 455 g/mol. The number of guanidine groups is 1. The minimum absolute atomic E-state index is 0.185. The number of rotatable bonds is 5. The second-order valence-electron chi connectivity index (χ2n) is 6.17. The van der Waals surface area contributed by atoms with Crippen LogP contribution in [0.25, 0.3) is 0 Å². The van der Waals surface area contributed by atoms with Crippen molar-refractivity contribution in [3.05, 3.63) is 62.5 Å². The lowest BCUT2D eigenvalue weighted by Gasteiger charge is -2.23. The molecule has 2 aromatic rings. The van der Waals surface area contributed by atoms with Crippen molar-refractivity contribution in [1.82, 2.24) is 10.9 Å². The first-order chi connectivity index (χ1) is 12.8. The Labute approximate surface area is 174 Å². The summed E-state index contributed by atoms with van der Waals surface area (Å²) >= 11 is 15.6. The number of amides is 2. The molecule has 27 heavy (non-hydrogen) atoms. The summed E-state index contributed by atoms with van der Waals surface area (Å²) in [4.78, 5) is 29.8. The summed E-state index contributed by atoms with van der Waals surface area (Å²) in [5.74, 6) is -0.0796. The van der Waals surface area contributed by atoms with Crippen LogP contribution in [0.3, 0.4) is 0 Å². The zero-order valence-corrected chi connectivity index (χ0v) is 17.3. The van der Waals surface area contributed by atoms with Gasteiger partial charge in [0.2, 0.25) is 12.4 Å². The van der Waals surface area contributed by atoms with E-state index in [9.17, 15) is 9.59 Å². The molecule has 9 heteroatoms. The maximum atomic E-state index is 13.3. The fourth-order valence-electron chi connectivity index (χ4n) is 2.87. The Morgan fingerprint density at radius 3 is 2.41 bits per heavy atom. The molecule has 0 spiro atoms. The quantitative estimate of drug-likeness (QED) is 0.517. The molecule has 0 unspecified atom stereocenters. The molecule has 2 aromatic carbocycles. The van der Waals surface area contributed by atoms with Crippen LogP contribution in [0.2, 0.25) is 10.0 Å². The Kier molecular flexibility index (Phi) is 5.74. The molecule has 0 saturated carbocycles. The SMILES string of the molecule is C[C@]1(Cc2ccc(Br)cc2)N=C(NNC=O)N(c2cc(Cl)cc(Cl)c2)C1=O. The molecule has 0 aromatic heterocycles. The van der Waals surface area contributed by atoms with Crippen LogP contribution in [-0.2, 0) is 16.0 Å². The van der Waals surface area contributed by atoms with Crippen LogP contribution in [0.4, 0.5) is 5.69 Å². The van der Waals surface area contributed by atoms with Crippen LogP contribution in [-0.4, -0.2) is 23.8 Å². The van der Waals surface area contributed by atoms with E-state index >= 15 is 0 Å². The van der Waals surface area contributed by atoms with Crippen LogP contribution in [0, 0.1) is 0 Å². The highest BCUT2D eigenvalue weighted by molar-refractivity contribution is 9.10. The highest BCUT2D eigenvalue weighted by Gasteiger charge is 2.45. The molecule has 1 aliphatic rings. The predicted molar refractivity (Wildman–Crippen MR) is 110 cm³/mol. The zero-order valence-electron chi connectivity index (χ0n) is 14.2. The van der Waals surface area contributed by atoms with Gasteiger partial charge in [0.25, 0.3) is 5.91 Å². The number of hydrogen-bond donors (Lipinski definition) is 2. The van der Waals surface area contributed by atoms with E-state index in [-0.39, 0.29) is 11.9 Å². The smallest absolute Gasteiger partial charge is 0.262 e. The van der Waals surface area contributed by atoms with Gasteiger partial charge < -0.3 is 0 Å². The van der Waals surface area contributed by atoms with Crippen molar-refractivity contribution >= 4 is 63.1 Å². The number of halogens is 3. The number of anilines is 1. The van der Waals surface area contributed by atoms with Gasteiger partial charge in [-0.2, -0.15) is 0 Å². The average Bonchev–Trinajstić information content (AvgIpc) is 2.85. The van der Waals surface area contributed by atoms with Gasteiger partial charge >= 0.3 is 0 Å². The second-order valence-corrected chi connectivity index (χ2v) is 7.96. The number of aliphatic imine (C=N–C) groups is 1. The molecule has 3 rings (SSSR count). The van der Waals surface area contributed by atoms with Crippen molar-refractivity contribution in [2.75, 3.05) is 4.90 Å². The second kappa shape index (κ2) is 7.88. The standard InChI is InChI=1S/C18H15BrCl2N4O2/c1-18(9-11-2-4-12(19)5-3-11)16(27)25(17(23-18)24-22-10-26)15-7-13(20)6-14(21)8-15/h2-8,10H,9H2,1H3,(H,22,26)(H,23,24)/t18-/m1/s1. The number of nitrogens with one attached hydrogen (secondary N) is 2. The first kappa shape index (κ1) is 19.7. The molecule has 1 heterocycles. The highest BCUT2D eigenvalue weighted by Crippen LogP contribution is 2.33. The van der Waals surface area contributed by atoms with Crippen LogP contribution in [0.5, 0.6) is 0 Å². The number of nitrogens with zero attached hydrogens (tertiary/aromatic N) is 2. The van der Waals surface area contributed by atoms with E-state index in [0.717, 1.165) is 10.0 Å². The normalized spacial score (nSPS) is 19.0.